The van der Waals surface area contributed by atoms with Crippen LogP contribution in [0.15, 0.2) is 24.3 Å². The molecule has 1 aliphatic rings. The zero-order valence-corrected chi connectivity index (χ0v) is 9.94. The van der Waals surface area contributed by atoms with Gasteiger partial charge in [0, 0.05) is 18.6 Å². The molecule has 1 saturated heterocycles. The highest BCUT2D eigenvalue weighted by Crippen LogP contribution is 2.23. The van der Waals surface area contributed by atoms with Gasteiger partial charge in [0.15, 0.2) is 5.78 Å². The Bertz CT molecular complexity index is 411. The molecule has 0 radical (unpaired) electrons. The molecule has 2 N–H and O–H groups in total. The van der Waals surface area contributed by atoms with Gasteiger partial charge in [-0.25, -0.2) is 0 Å². The number of Topliss-reactive ketones (excluding diaryl/α,β-unsaturated/α-hetero) is 1. The van der Waals surface area contributed by atoms with Gasteiger partial charge in [-0.3, -0.25) is 4.79 Å². The number of rotatable bonds is 4. The average Bonchev–Trinajstić information content (AvgIpc) is 2.78. The van der Waals surface area contributed by atoms with Crippen molar-refractivity contribution >= 4 is 5.78 Å². The average molecular weight is 235 g/mol. The minimum atomic E-state index is -0.819. The van der Waals surface area contributed by atoms with Gasteiger partial charge in [-0.15, -0.1) is 0 Å². The molecule has 0 amide bonds. The maximum atomic E-state index is 12.1. The summed E-state index contributed by atoms with van der Waals surface area (Å²) in [6, 6.07) is 7.50. The van der Waals surface area contributed by atoms with Gasteiger partial charge in [-0.2, -0.15) is 0 Å². The van der Waals surface area contributed by atoms with E-state index in [1.54, 1.807) is 7.11 Å². The molecule has 1 atom stereocenters. The van der Waals surface area contributed by atoms with Crippen molar-refractivity contribution in [3.05, 3.63) is 29.8 Å². The van der Waals surface area contributed by atoms with E-state index in [0.717, 1.165) is 11.3 Å². The minimum Gasteiger partial charge on any atom is -0.496 e. The zero-order valence-electron chi connectivity index (χ0n) is 9.94. The summed E-state index contributed by atoms with van der Waals surface area (Å²) in [7, 11) is 1.60. The maximum absolute atomic E-state index is 12.1. The van der Waals surface area contributed by atoms with E-state index in [1.807, 2.05) is 24.3 Å². The van der Waals surface area contributed by atoms with E-state index in [4.69, 9.17) is 15.2 Å². The summed E-state index contributed by atoms with van der Waals surface area (Å²) in [5.74, 6) is 0.739. The van der Waals surface area contributed by atoms with Crippen LogP contribution in [0.3, 0.4) is 0 Å². The fraction of sp³-hybridized carbons (Fsp3) is 0.462. The predicted octanol–water partition coefficient (Wildman–Crippen LogP) is 0.925. The topological polar surface area (TPSA) is 61.5 Å². The van der Waals surface area contributed by atoms with Crippen molar-refractivity contribution in [1.82, 2.24) is 0 Å². The van der Waals surface area contributed by atoms with Crippen molar-refractivity contribution in [3.63, 3.8) is 0 Å². The smallest absolute Gasteiger partial charge is 0.159 e. The molecule has 4 nitrogen and oxygen atoms in total. The van der Waals surface area contributed by atoms with Crippen LogP contribution in [0.25, 0.3) is 0 Å². The van der Waals surface area contributed by atoms with Crippen molar-refractivity contribution in [2.75, 3.05) is 20.3 Å². The van der Waals surface area contributed by atoms with Gasteiger partial charge in [0.05, 0.1) is 13.7 Å². The molecule has 4 heteroatoms. The summed E-state index contributed by atoms with van der Waals surface area (Å²) in [4.78, 5) is 12.1. The molecule has 0 spiro atoms. The third-order valence-corrected chi connectivity index (χ3v) is 3.15. The summed E-state index contributed by atoms with van der Waals surface area (Å²) in [6.07, 6.45) is 0.894. The third kappa shape index (κ3) is 2.48. The Kier molecular flexibility index (Phi) is 3.45. The Morgan fingerprint density at radius 3 is 2.94 bits per heavy atom. The first-order chi connectivity index (χ1) is 8.15. The number of hydrogen-bond donors (Lipinski definition) is 1. The first-order valence-corrected chi connectivity index (χ1v) is 5.67. The quantitative estimate of drug-likeness (QED) is 0.843. The number of methoxy groups -OCH3 is 1. The second kappa shape index (κ2) is 4.85. The highest BCUT2D eigenvalue weighted by atomic mass is 16.5. The lowest BCUT2D eigenvalue weighted by Gasteiger charge is -2.20. The van der Waals surface area contributed by atoms with Crippen molar-refractivity contribution in [2.24, 2.45) is 5.73 Å². The van der Waals surface area contributed by atoms with E-state index < -0.39 is 5.54 Å². The van der Waals surface area contributed by atoms with Crippen LogP contribution in [0.1, 0.15) is 12.0 Å². The molecule has 1 aromatic carbocycles. The Hall–Kier alpha value is -1.39. The molecule has 2 rings (SSSR count). The Morgan fingerprint density at radius 2 is 2.29 bits per heavy atom. The summed E-state index contributed by atoms with van der Waals surface area (Å²) < 4.78 is 10.4. The molecule has 1 fully saturated rings. The number of hydrogen-bond acceptors (Lipinski definition) is 4. The summed E-state index contributed by atoms with van der Waals surface area (Å²) in [6.45, 7) is 0.884. The molecule has 0 saturated carbocycles. The largest absolute Gasteiger partial charge is 0.496 e. The van der Waals surface area contributed by atoms with Crippen LogP contribution in [0.4, 0.5) is 0 Å². The minimum absolute atomic E-state index is 0.0134. The predicted molar refractivity (Wildman–Crippen MR) is 64.1 cm³/mol. The molecule has 92 valence electrons. The number of carbonyl (C=O) groups excluding carboxylic acids is 1. The van der Waals surface area contributed by atoms with E-state index in [2.05, 4.69) is 0 Å². The van der Waals surface area contributed by atoms with E-state index in [-0.39, 0.29) is 5.78 Å². The normalized spacial score (nSPS) is 23.6. The molecule has 1 aromatic rings. The standard InChI is InChI=1S/C13H17NO3/c1-16-11-5-3-2-4-10(11)8-12(15)13(14)6-7-17-9-13/h2-5H,6-9,14H2,1H3. The summed E-state index contributed by atoms with van der Waals surface area (Å²) in [5.41, 5.74) is 6.08. The van der Waals surface area contributed by atoms with Crippen LogP contribution in [0.2, 0.25) is 0 Å². The lowest BCUT2D eigenvalue weighted by atomic mass is 9.90. The Labute approximate surface area is 101 Å². The Balaban J connectivity index is 2.12. The monoisotopic (exact) mass is 235 g/mol. The van der Waals surface area contributed by atoms with Crippen molar-refractivity contribution < 1.29 is 14.3 Å². The van der Waals surface area contributed by atoms with E-state index in [1.165, 1.54) is 0 Å². The molecule has 17 heavy (non-hydrogen) atoms. The van der Waals surface area contributed by atoms with Crippen LogP contribution in [0.5, 0.6) is 5.75 Å². The summed E-state index contributed by atoms with van der Waals surface area (Å²) >= 11 is 0. The highest BCUT2D eigenvalue weighted by Gasteiger charge is 2.37. The Morgan fingerprint density at radius 1 is 1.53 bits per heavy atom. The van der Waals surface area contributed by atoms with Crippen LogP contribution in [0, 0.1) is 0 Å². The van der Waals surface area contributed by atoms with Crippen LogP contribution >= 0.6 is 0 Å². The molecule has 1 aliphatic heterocycles. The molecular weight excluding hydrogens is 218 g/mol. The number of ether oxygens (including phenoxy) is 2. The van der Waals surface area contributed by atoms with Crippen LogP contribution in [-0.4, -0.2) is 31.6 Å². The molecule has 1 heterocycles. The lowest BCUT2D eigenvalue weighted by molar-refractivity contribution is -0.123. The van der Waals surface area contributed by atoms with Crippen molar-refractivity contribution in [3.8, 4) is 5.75 Å². The number of benzene rings is 1. The number of ketones is 1. The molecule has 0 bridgehead atoms. The second-order valence-corrected chi connectivity index (χ2v) is 4.37. The lowest BCUT2D eigenvalue weighted by Crippen LogP contribution is -2.49. The van der Waals surface area contributed by atoms with Crippen LogP contribution in [-0.2, 0) is 16.0 Å². The van der Waals surface area contributed by atoms with Crippen molar-refractivity contribution in [1.29, 1.82) is 0 Å². The first kappa shape index (κ1) is 12.1. The van der Waals surface area contributed by atoms with Crippen molar-refractivity contribution in [2.45, 2.75) is 18.4 Å². The molecule has 0 aliphatic carbocycles. The number of carbonyl (C=O) groups is 1. The SMILES string of the molecule is COc1ccccc1CC(=O)C1(N)CCOC1. The maximum Gasteiger partial charge on any atom is 0.159 e. The fourth-order valence-electron chi connectivity index (χ4n) is 2.00. The van der Waals surface area contributed by atoms with Gasteiger partial charge in [0.2, 0.25) is 0 Å². The molecular formula is C13H17NO3. The van der Waals surface area contributed by atoms with Gasteiger partial charge >= 0.3 is 0 Å². The first-order valence-electron chi connectivity index (χ1n) is 5.67. The van der Waals surface area contributed by atoms with E-state index in [0.29, 0.717) is 26.1 Å². The number of nitrogens with two attached hydrogens (primary N) is 1. The highest BCUT2D eigenvalue weighted by molar-refractivity contribution is 5.90. The summed E-state index contributed by atoms with van der Waals surface area (Å²) in [5, 5.41) is 0. The molecule has 0 aromatic heterocycles. The van der Waals surface area contributed by atoms with Gasteiger partial charge in [-0.1, -0.05) is 18.2 Å². The van der Waals surface area contributed by atoms with Gasteiger partial charge in [0.25, 0.3) is 0 Å². The van der Waals surface area contributed by atoms with E-state index >= 15 is 0 Å². The molecule has 1 unspecified atom stereocenters. The number of para-hydroxylation sites is 1. The van der Waals surface area contributed by atoms with Gasteiger partial charge in [0.1, 0.15) is 11.3 Å². The van der Waals surface area contributed by atoms with Gasteiger partial charge < -0.3 is 15.2 Å². The third-order valence-electron chi connectivity index (χ3n) is 3.15. The van der Waals surface area contributed by atoms with E-state index in [9.17, 15) is 4.79 Å². The van der Waals surface area contributed by atoms with Crippen LogP contribution < -0.4 is 10.5 Å². The second-order valence-electron chi connectivity index (χ2n) is 4.37. The fourth-order valence-corrected chi connectivity index (χ4v) is 2.00. The zero-order chi connectivity index (χ0) is 12.3. The van der Waals surface area contributed by atoms with Gasteiger partial charge in [-0.05, 0) is 12.5 Å².